The summed E-state index contributed by atoms with van der Waals surface area (Å²) in [6.45, 7) is 4.36. The Morgan fingerprint density at radius 3 is 1.44 bits per heavy atom. The molecule has 0 radical (unpaired) electrons. The van der Waals surface area contributed by atoms with Gasteiger partial charge in [0.15, 0.2) is 0 Å². The van der Waals surface area contributed by atoms with Crippen molar-refractivity contribution in [2.24, 2.45) is 0 Å². The molecule has 1 nitrogen and oxygen atoms in total. The van der Waals surface area contributed by atoms with E-state index >= 15 is 0 Å². The maximum Gasteiger partial charge on any atom is 0.138 e. The van der Waals surface area contributed by atoms with Crippen molar-refractivity contribution in [3.8, 4) is 11.5 Å². The van der Waals surface area contributed by atoms with Crippen LogP contribution in [0.1, 0.15) is 25.0 Å². The zero-order valence-electron chi connectivity index (χ0n) is 14.8. The van der Waals surface area contributed by atoms with Crippen LogP contribution in [0.15, 0.2) is 72.8 Å². The second kappa shape index (κ2) is 6.60. The Hall–Kier alpha value is -2.80. The summed E-state index contributed by atoms with van der Waals surface area (Å²) in [6.07, 6.45) is 1.90. The largest absolute Gasteiger partial charge is 0.455 e. The summed E-state index contributed by atoms with van der Waals surface area (Å²) in [5.74, 6) is 1.98. The third-order valence-corrected chi connectivity index (χ3v) is 4.89. The average molecular weight is 326 g/mol. The van der Waals surface area contributed by atoms with E-state index in [0.29, 0.717) is 0 Å². The molecule has 0 atom stereocenters. The first kappa shape index (κ1) is 15.7. The number of rotatable bonds is 4. The maximum absolute atomic E-state index is 6.65. The van der Waals surface area contributed by atoms with Crippen LogP contribution in [0.2, 0.25) is 0 Å². The maximum atomic E-state index is 6.65. The second-order valence-corrected chi connectivity index (χ2v) is 6.36. The molecule has 0 bridgehead atoms. The van der Waals surface area contributed by atoms with Gasteiger partial charge in [-0.25, -0.2) is 0 Å². The minimum Gasteiger partial charge on any atom is -0.455 e. The Kier molecular flexibility index (Phi) is 4.15. The van der Waals surface area contributed by atoms with E-state index in [9.17, 15) is 0 Å². The van der Waals surface area contributed by atoms with Crippen LogP contribution in [0.25, 0.3) is 21.5 Å². The topological polar surface area (TPSA) is 9.23 Å². The molecular formula is C24H22O. The summed E-state index contributed by atoms with van der Waals surface area (Å²) < 4.78 is 6.65. The summed E-state index contributed by atoms with van der Waals surface area (Å²) in [5.41, 5.74) is 2.49. The number of fused-ring (bicyclic) bond motifs is 2. The minimum atomic E-state index is 0.951. The van der Waals surface area contributed by atoms with E-state index in [0.717, 1.165) is 24.3 Å². The molecule has 0 amide bonds. The van der Waals surface area contributed by atoms with Crippen LogP contribution in [0.5, 0.6) is 11.5 Å². The van der Waals surface area contributed by atoms with Gasteiger partial charge in [-0.3, -0.25) is 0 Å². The number of hydrogen-bond donors (Lipinski definition) is 0. The van der Waals surface area contributed by atoms with Gasteiger partial charge in [-0.2, -0.15) is 0 Å². The molecule has 0 aliphatic carbocycles. The molecule has 0 aliphatic heterocycles. The van der Waals surface area contributed by atoms with Crippen molar-refractivity contribution >= 4 is 21.5 Å². The fourth-order valence-corrected chi connectivity index (χ4v) is 3.48. The van der Waals surface area contributed by atoms with Crippen molar-refractivity contribution in [3.63, 3.8) is 0 Å². The highest BCUT2D eigenvalue weighted by atomic mass is 16.5. The van der Waals surface area contributed by atoms with Gasteiger partial charge in [-0.1, -0.05) is 86.6 Å². The Morgan fingerprint density at radius 2 is 1.00 bits per heavy atom. The molecule has 4 rings (SSSR count). The van der Waals surface area contributed by atoms with Crippen LogP contribution in [-0.2, 0) is 12.8 Å². The fourth-order valence-electron chi connectivity index (χ4n) is 3.48. The Morgan fingerprint density at radius 1 is 0.560 bits per heavy atom. The van der Waals surface area contributed by atoms with Crippen LogP contribution in [0.3, 0.4) is 0 Å². The normalized spacial score (nSPS) is 11.1. The lowest BCUT2D eigenvalue weighted by atomic mass is 10.0. The number of benzene rings is 4. The van der Waals surface area contributed by atoms with Crippen molar-refractivity contribution in [2.45, 2.75) is 26.7 Å². The van der Waals surface area contributed by atoms with Gasteiger partial charge < -0.3 is 4.74 Å². The van der Waals surface area contributed by atoms with Crippen molar-refractivity contribution < 1.29 is 4.74 Å². The molecule has 0 aliphatic rings. The van der Waals surface area contributed by atoms with Crippen LogP contribution in [-0.4, -0.2) is 0 Å². The molecule has 4 aromatic rings. The third-order valence-electron chi connectivity index (χ3n) is 4.89. The number of aryl methyl sites for hydroxylation is 2. The van der Waals surface area contributed by atoms with E-state index in [-0.39, 0.29) is 0 Å². The van der Waals surface area contributed by atoms with E-state index in [1.807, 2.05) is 0 Å². The van der Waals surface area contributed by atoms with Gasteiger partial charge >= 0.3 is 0 Å². The Balaban J connectivity index is 1.97. The van der Waals surface area contributed by atoms with Gasteiger partial charge in [0, 0.05) is 10.8 Å². The molecule has 0 aromatic heterocycles. The van der Waals surface area contributed by atoms with Gasteiger partial charge in [0.05, 0.1) is 0 Å². The second-order valence-electron chi connectivity index (χ2n) is 6.36. The van der Waals surface area contributed by atoms with E-state index in [4.69, 9.17) is 4.74 Å². The van der Waals surface area contributed by atoms with Gasteiger partial charge in [0.2, 0.25) is 0 Å². The molecule has 25 heavy (non-hydrogen) atoms. The summed E-state index contributed by atoms with van der Waals surface area (Å²) in [7, 11) is 0. The van der Waals surface area contributed by atoms with Crippen molar-refractivity contribution in [1.29, 1.82) is 0 Å². The first-order valence-corrected chi connectivity index (χ1v) is 9.01. The molecule has 0 spiro atoms. The van der Waals surface area contributed by atoms with Crippen molar-refractivity contribution in [3.05, 3.63) is 83.9 Å². The SMILES string of the molecule is CCc1ccc2ccccc2c1Oc1c(CC)ccc2ccccc12. The molecule has 124 valence electrons. The van der Waals surface area contributed by atoms with E-state index in [1.54, 1.807) is 0 Å². The molecule has 4 aromatic carbocycles. The van der Waals surface area contributed by atoms with E-state index < -0.39 is 0 Å². The molecule has 0 heterocycles. The predicted molar refractivity (Wildman–Crippen MR) is 107 cm³/mol. The predicted octanol–water partition coefficient (Wildman–Crippen LogP) is 6.91. The molecule has 0 saturated heterocycles. The zero-order chi connectivity index (χ0) is 17.2. The lowest BCUT2D eigenvalue weighted by molar-refractivity contribution is 0.482. The van der Waals surface area contributed by atoms with Gasteiger partial charge in [-0.15, -0.1) is 0 Å². The van der Waals surface area contributed by atoms with Gasteiger partial charge in [-0.05, 0) is 34.7 Å². The smallest absolute Gasteiger partial charge is 0.138 e. The fraction of sp³-hybridized carbons (Fsp3) is 0.167. The number of hydrogen-bond acceptors (Lipinski definition) is 1. The van der Waals surface area contributed by atoms with E-state index in [2.05, 4.69) is 86.6 Å². The molecule has 0 saturated carbocycles. The Labute approximate surface area is 148 Å². The molecule has 0 fully saturated rings. The minimum absolute atomic E-state index is 0.951. The first-order valence-electron chi connectivity index (χ1n) is 9.01. The van der Waals surface area contributed by atoms with Crippen LogP contribution in [0.4, 0.5) is 0 Å². The third kappa shape index (κ3) is 2.76. The summed E-state index contributed by atoms with van der Waals surface area (Å²) in [4.78, 5) is 0. The monoisotopic (exact) mass is 326 g/mol. The standard InChI is InChI=1S/C24H22O/c1-3-17-13-15-19-9-5-7-11-21(19)23(17)25-24-18(4-2)14-16-20-10-6-8-12-22(20)24/h5-16H,3-4H2,1-2H3. The first-order chi connectivity index (χ1) is 12.3. The summed E-state index contributed by atoms with van der Waals surface area (Å²) >= 11 is 0. The highest BCUT2D eigenvalue weighted by Crippen LogP contribution is 2.39. The van der Waals surface area contributed by atoms with Gasteiger partial charge in [0.25, 0.3) is 0 Å². The summed E-state index contributed by atoms with van der Waals surface area (Å²) in [6, 6.07) is 25.7. The molecule has 0 unspecified atom stereocenters. The van der Waals surface area contributed by atoms with Crippen LogP contribution in [0, 0.1) is 0 Å². The lowest BCUT2D eigenvalue weighted by Gasteiger charge is -2.17. The molecular weight excluding hydrogens is 304 g/mol. The molecule has 1 heteroatoms. The number of ether oxygens (including phenoxy) is 1. The zero-order valence-corrected chi connectivity index (χ0v) is 14.8. The van der Waals surface area contributed by atoms with Crippen molar-refractivity contribution in [1.82, 2.24) is 0 Å². The highest BCUT2D eigenvalue weighted by Gasteiger charge is 2.13. The summed E-state index contributed by atoms with van der Waals surface area (Å²) in [5, 5.41) is 4.79. The highest BCUT2D eigenvalue weighted by molar-refractivity contribution is 5.93. The molecule has 0 N–H and O–H groups in total. The van der Waals surface area contributed by atoms with Crippen LogP contribution < -0.4 is 4.74 Å². The quantitative estimate of drug-likeness (QED) is 0.396. The average Bonchev–Trinajstić information content (AvgIpc) is 2.68. The lowest BCUT2D eigenvalue weighted by Crippen LogP contribution is -1.96. The van der Waals surface area contributed by atoms with Gasteiger partial charge in [0.1, 0.15) is 11.5 Å². The van der Waals surface area contributed by atoms with Crippen molar-refractivity contribution in [2.75, 3.05) is 0 Å². The van der Waals surface area contributed by atoms with E-state index in [1.165, 1.54) is 32.7 Å². The van der Waals surface area contributed by atoms with Crippen LogP contribution >= 0.6 is 0 Å². The Bertz CT molecular complexity index is 961.